The fourth-order valence-corrected chi connectivity index (χ4v) is 0.675. The van der Waals surface area contributed by atoms with Crippen molar-refractivity contribution in [2.45, 2.75) is 26.2 Å². The summed E-state index contributed by atoms with van der Waals surface area (Å²) in [6, 6.07) is 0. The third-order valence-corrected chi connectivity index (χ3v) is 1.27. The van der Waals surface area contributed by atoms with Gasteiger partial charge >= 0.3 is 0 Å². The molecule has 0 heterocycles. The summed E-state index contributed by atoms with van der Waals surface area (Å²) in [7, 11) is 0. The second-order valence-corrected chi connectivity index (χ2v) is 2.23. The van der Waals surface area contributed by atoms with Gasteiger partial charge in [0.1, 0.15) is 0 Å². The molecule has 1 nitrogen and oxygen atoms in total. The van der Waals surface area contributed by atoms with E-state index in [9.17, 15) is 0 Å². The summed E-state index contributed by atoms with van der Waals surface area (Å²) in [5.74, 6) is 0. The first kappa shape index (κ1) is 9.28. The van der Waals surface area contributed by atoms with Crippen LogP contribution in [0.5, 0.6) is 0 Å². The highest BCUT2D eigenvalue weighted by Crippen LogP contribution is 1.93. The first-order valence-electron chi connectivity index (χ1n) is 3.91. The highest BCUT2D eigenvalue weighted by atomic mass is 14.8. The van der Waals surface area contributed by atoms with Crippen molar-refractivity contribution in [3.05, 3.63) is 24.9 Å². The van der Waals surface area contributed by atoms with Crippen LogP contribution >= 0.6 is 0 Å². The maximum Gasteiger partial charge on any atom is 0.0325 e. The van der Waals surface area contributed by atoms with E-state index in [1.807, 2.05) is 0 Å². The second-order valence-electron chi connectivity index (χ2n) is 2.23. The molecule has 0 aliphatic rings. The molecule has 1 N–H and O–H groups in total. The zero-order valence-electron chi connectivity index (χ0n) is 6.77. The minimum Gasteiger partial charge on any atom is -0.388 e. The standard InChI is InChI=1S/C9H17N/c1-3-5-6-7-8-9-10-4-2/h4,7-8,10H,2-3,5-6,9H2,1H3/b8-7+. The highest BCUT2D eigenvalue weighted by Gasteiger charge is 1.76. The Kier molecular flexibility index (Phi) is 7.68. The van der Waals surface area contributed by atoms with Gasteiger partial charge in [0.2, 0.25) is 0 Å². The Morgan fingerprint density at radius 1 is 1.40 bits per heavy atom. The van der Waals surface area contributed by atoms with Gasteiger partial charge in [0.25, 0.3) is 0 Å². The van der Waals surface area contributed by atoms with Crippen LogP contribution in [0.1, 0.15) is 26.2 Å². The summed E-state index contributed by atoms with van der Waals surface area (Å²) in [6.45, 7) is 6.66. The molecule has 1 heteroatoms. The van der Waals surface area contributed by atoms with Crippen LogP contribution in [0.3, 0.4) is 0 Å². The SMILES string of the molecule is C=CNC/C=C/CCCC. The zero-order valence-corrected chi connectivity index (χ0v) is 6.77. The van der Waals surface area contributed by atoms with Crippen molar-refractivity contribution in [1.82, 2.24) is 5.32 Å². The van der Waals surface area contributed by atoms with Crippen molar-refractivity contribution in [1.29, 1.82) is 0 Å². The molecule has 0 aromatic heterocycles. The molecule has 0 amide bonds. The van der Waals surface area contributed by atoms with E-state index in [-0.39, 0.29) is 0 Å². The molecule has 0 aliphatic heterocycles. The largest absolute Gasteiger partial charge is 0.388 e. The Labute approximate surface area is 63.8 Å². The summed E-state index contributed by atoms with van der Waals surface area (Å²) in [5.41, 5.74) is 0. The normalized spacial score (nSPS) is 10.1. The molecule has 0 fully saturated rings. The second kappa shape index (κ2) is 8.28. The lowest BCUT2D eigenvalue weighted by Crippen LogP contribution is -2.01. The number of hydrogen-bond acceptors (Lipinski definition) is 1. The van der Waals surface area contributed by atoms with Gasteiger partial charge in [0.15, 0.2) is 0 Å². The summed E-state index contributed by atoms with van der Waals surface area (Å²) < 4.78 is 0. The van der Waals surface area contributed by atoms with Gasteiger partial charge < -0.3 is 5.32 Å². The van der Waals surface area contributed by atoms with Crippen LogP contribution < -0.4 is 5.32 Å². The Morgan fingerprint density at radius 3 is 2.80 bits per heavy atom. The van der Waals surface area contributed by atoms with E-state index in [1.165, 1.54) is 19.3 Å². The number of rotatable bonds is 6. The molecule has 0 aliphatic carbocycles. The third-order valence-electron chi connectivity index (χ3n) is 1.27. The van der Waals surface area contributed by atoms with Crippen LogP contribution in [0.25, 0.3) is 0 Å². The lowest BCUT2D eigenvalue weighted by Gasteiger charge is -1.91. The maximum atomic E-state index is 3.55. The van der Waals surface area contributed by atoms with Crippen LogP contribution in [0.2, 0.25) is 0 Å². The average molecular weight is 139 g/mol. The van der Waals surface area contributed by atoms with Crippen LogP contribution in [0.15, 0.2) is 24.9 Å². The molecule has 0 radical (unpaired) electrons. The van der Waals surface area contributed by atoms with Crippen LogP contribution in [-0.2, 0) is 0 Å². The quantitative estimate of drug-likeness (QED) is 0.440. The first-order valence-corrected chi connectivity index (χ1v) is 3.91. The van der Waals surface area contributed by atoms with Gasteiger partial charge in [-0.1, -0.05) is 38.5 Å². The molecule has 0 atom stereocenters. The van der Waals surface area contributed by atoms with Crippen molar-refractivity contribution < 1.29 is 0 Å². The van der Waals surface area contributed by atoms with E-state index < -0.39 is 0 Å². The third kappa shape index (κ3) is 7.28. The smallest absolute Gasteiger partial charge is 0.0325 e. The molecule has 0 unspecified atom stereocenters. The highest BCUT2D eigenvalue weighted by molar-refractivity contribution is 4.85. The van der Waals surface area contributed by atoms with Crippen LogP contribution in [-0.4, -0.2) is 6.54 Å². The molecule has 0 saturated heterocycles. The summed E-state index contributed by atoms with van der Waals surface area (Å²) in [6.07, 6.45) is 9.83. The van der Waals surface area contributed by atoms with Crippen LogP contribution in [0.4, 0.5) is 0 Å². The number of nitrogens with one attached hydrogen (secondary N) is 1. The minimum absolute atomic E-state index is 0.910. The number of hydrogen-bond donors (Lipinski definition) is 1. The predicted molar refractivity (Wildman–Crippen MR) is 46.9 cm³/mol. The molecule has 0 bridgehead atoms. The van der Waals surface area contributed by atoms with E-state index in [0.717, 1.165) is 6.54 Å². The zero-order chi connectivity index (χ0) is 7.66. The topological polar surface area (TPSA) is 12.0 Å². The van der Waals surface area contributed by atoms with Crippen molar-refractivity contribution >= 4 is 0 Å². The Bertz CT molecular complexity index is 94.9. The van der Waals surface area contributed by atoms with Crippen LogP contribution in [0, 0.1) is 0 Å². The molecule has 58 valence electrons. The van der Waals surface area contributed by atoms with Gasteiger partial charge in [0, 0.05) is 6.54 Å². The van der Waals surface area contributed by atoms with Crippen molar-refractivity contribution in [2.24, 2.45) is 0 Å². The van der Waals surface area contributed by atoms with Gasteiger partial charge in [-0.25, -0.2) is 0 Å². The van der Waals surface area contributed by atoms with E-state index in [2.05, 4.69) is 31.0 Å². The van der Waals surface area contributed by atoms with Gasteiger partial charge in [-0.3, -0.25) is 0 Å². The first-order chi connectivity index (χ1) is 4.91. The van der Waals surface area contributed by atoms with Crippen molar-refractivity contribution in [3.63, 3.8) is 0 Å². The van der Waals surface area contributed by atoms with E-state index in [1.54, 1.807) is 6.20 Å². The molecule has 0 saturated carbocycles. The fourth-order valence-electron chi connectivity index (χ4n) is 0.675. The van der Waals surface area contributed by atoms with E-state index in [4.69, 9.17) is 0 Å². The Balaban J connectivity index is 2.96. The molecule has 10 heavy (non-hydrogen) atoms. The lowest BCUT2D eigenvalue weighted by atomic mass is 10.2. The van der Waals surface area contributed by atoms with Crippen molar-refractivity contribution in [2.75, 3.05) is 6.54 Å². The molecule has 0 aromatic carbocycles. The van der Waals surface area contributed by atoms with E-state index >= 15 is 0 Å². The van der Waals surface area contributed by atoms with Gasteiger partial charge in [-0.2, -0.15) is 0 Å². The average Bonchev–Trinajstić information content (AvgIpc) is 1.97. The number of unbranched alkanes of at least 4 members (excludes halogenated alkanes) is 2. The van der Waals surface area contributed by atoms with Gasteiger partial charge in [0.05, 0.1) is 0 Å². The fraction of sp³-hybridized carbons (Fsp3) is 0.556. The lowest BCUT2D eigenvalue weighted by molar-refractivity contribution is 0.811. The minimum atomic E-state index is 0.910. The molecule has 0 aromatic rings. The molecular formula is C9H17N. The predicted octanol–water partition coefficient (Wildman–Crippen LogP) is 2.47. The summed E-state index contributed by atoms with van der Waals surface area (Å²) >= 11 is 0. The maximum absolute atomic E-state index is 3.55. The van der Waals surface area contributed by atoms with Gasteiger partial charge in [-0.15, -0.1) is 0 Å². The Morgan fingerprint density at radius 2 is 2.20 bits per heavy atom. The monoisotopic (exact) mass is 139 g/mol. The summed E-state index contributed by atoms with van der Waals surface area (Å²) in [4.78, 5) is 0. The van der Waals surface area contributed by atoms with Crippen molar-refractivity contribution in [3.8, 4) is 0 Å². The van der Waals surface area contributed by atoms with E-state index in [0.29, 0.717) is 0 Å². The van der Waals surface area contributed by atoms with Gasteiger partial charge in [-0.05, 0) is 12.6 Å². The number of allylic oxidation sites excluding steroid dienone is 1. The molecular weight excluding hydrogens is 122 g/mol. The Hall–Kier alpha value is -0.720. The molecule has 0 spiro atoms. The summed E-state index contributed by atoms with van der Waals surface area (Å²) in [5, 5.41) is 3.00. The molecule has 0 rings (SSSR count).